The molecule has 0 saturated heterocycles. The maximum absolute atomic E-state index is 12.8. The number of aryl methyl sites for hydroxylation is 1. The van der Waals surface area contributed by atoms with Gasteiger partial charge in [-0.15, -0.1) is 0 Å². The lowest BCUT2D eigenvalue weighted by Gasteiger charge is -2.14. The molecular weight excluding hydrogens is 428 g/mol. The Morgan fingerprint density at radius 1 is 0.971 bits per heavy atom. The third-order valence-corrected chi connectivity index (χ3v) is 5.02. The summed E-state index contributed by atoms with van der Waals surface area (Å²) < 4.78 is 17.4. The fraction of sp³-hybridized carbons (Fsp3) is 0.357. The van der Waals surface area contributed by atoms with Crippen LogP contribution in [-0.2, 0) is 11.2 Å². The van der Waals surface area contributed by atoms with E-state index in [-0.39, 0.29) is 18.1 Å². The van der Waals surface area contributed by atoms with Crippen LogP contribution in [0.15, 0.2) is 60.7 Å². The molecule has 0 aliphatic carbocycles. The van der Waals surface area contributed by atoms with E-state index in [4.69, 9.17) is 14.2 Å². The Kier molecular flexibility index (Phi) is 9.05. The van der Waals surface area contributed by atoms with Gasteiger partial charge in [0.2, 0.25) is 0 Å². The highest BCUT2D eigenvalue weighted by molar-refractivity contribution is 6.05. The number of nitrogens with one attached hydrogen (secondary N) is 1. The molecule has 1 atom stereocenters. The molecule has 3 aromatic rings. The largest absolute Gasteiger partial charge is 0.491 e. The van der Waals surface area contributed by atoms with Gasteiger partial charge in [0.25, 0.3) is 5.91 Å². The first kappa shape index (κ1) is 25.2. The number of amides is 1. The van der Waals surface area contributed by atoms with E-state index in [1.54, 1.807) is 0 Å². The van der Waals surface area contributed by atoms with Gasteiger partial charge in [-0.3, -0.25) is 9.78 Å². The first-order valence-electron chi connectivity index (χ1n) is 11.8. The van der Waals surface area contributed by atoms with Crippen molar-refractivity contribution in [2.45, 2.75) is 59.7 Å². The number of carbonyl (C=O) groups excluding carboxylic acids is 1. The summed E-state index contributed by atoms with van der Waals surface area (Å²) >= 11 is 0. The van der Waals surface area contributed by atoms with Crippen molar-refractivity contribution in [1.29, 1.82) is 0 Å². The summed E-state index contributed by atoms with van der Waals surface area (Å²) in [5.41, 5.74) is 2.84. The zero-order valence-electron chi connectivity index (χ0n) is 20.6. The molecule has 0 saturated carbocycles. The quantitative estimate of drug-likeness (QED) is 0.349. The fourth-order valence-electron chi connectivity index (χ4n) is 3.46. The summed E-state index contributed by atoms with van der Waals surface area (Å²) in [7, 11) is 0. The first-order valence-corrected chi connectivity index (χ1v) is 11.8. The van der Waals surface area contributed by atoms with Crippen molar-refractivity contribution in [2.24, 2.45) is 0 Å². The summed E-state index contributed by atoms with van der Waals surface area (Å²) in [5, 5.41) is 2.93. The second kappa shape index (κ2) is 12.2. The number of carbonyl (C=O) groups is 1. The van der Waals surface area contributed by atoms with Crippen molar-refractivity contribution in [3.8, 4) is 17.2 Å². The molecule has 1 heterocycles. The molecule has 1 N–H and O–H groups in total. The van der Waals surface area contributed by atoms with Crippen molar-refractivity contribution in [1.82, 2.24) is 4.98 Å². The van der Waals surface area contributed by atoms with Crippen molar-refractivity contribution in [3.05, 3.63) is 77.6 Å². The van der Waals surface area contributed by atoms with Crippen LogP contribution >= 0.6 is 0 Å². The summed E-state index contributed by atoms with van der Waals surface area (Å²) in [6.07, 6.45) is 1.90. The van der Waals surface area contributed by atoms with Crippen LogP contribution in [0.4, 0.5) is 5.69 Å². The summed E-state index contributed by atoms with van der Waals surface area (Å²) in [6, 6.07) is 18.5. The average molecular weight is 463 g/mol. The maximum Gasteiger partial charge on any atom is 0.257 e. The summed E-state index contributed by atoms with van der Waals surface area (Å²) in [5.74, 6) is 1.92. The third-order valence-electron chi connectivity index (χ3n) is 5.02. The highest BCUT2D eigenvalue weighted by Crippen LogP contribution is 2.27. The lowest BCUT2D eigenvalue weighted by Crippen LogP contribution is -2.16. The van der Waals surface area contributed by atoms with Crippen LogP contribution in [-0.4, -0.2) is 29.7 Å². The van der Waals surface area contributed by atoms with Crippen LogP contribution < -0.4 is 14.8 Å². The number of ether oxygens (including phenoxy) is 3. The standard InChI is InChI=1S/C28H34N2O4/c1-6-16-32-20(4)17-23-12-15-27(21(5)29-23)28(31)30-22-10-13-24(14-11-22)34-26-9-7-8-25(18-26)33-19(2)3/h7-15,18-20H,6,16-17H2,1-5H3,(H,30,31). The van der Waals surface area contributed by atoms with Gasteiger partial charge in [0.05, 0.1) is 23.5 Å². The van der Waals surface area contributed by atoms with Gasteiger partial charge in [-0.25, -0.2) is 0 Å². The third kappa shape index (κ3) is 7.59. The maximum atomic E-state index is 12.8. The van der Waals surface area contributed by atoms with Gasteiger partial charge in [-0.2, -0.15) is 0 Å². The molecule has 6 heteroatoms. The molecule has 2 aromatic carbocycles. The predicted molar refractivity (Wildman–Crippen MR) is 135 cm³/mol. The molecule has 0 spiro atoms. The topological polar surface area (TPSA) is 69.7 Å². The Hall–Kier alpha value is -3.38. The van der Waals surface area contributed by atoms with Crippen molar-refractivity contribution in [2.75, 3.05) is 11.9 Å². The zero-order valence-corrected chi connectivity index (χ0v) is 20.6. The van der Waals surface area contributed by atoms with E-state index in [0.29, 0.717) is 28.4 Å². The zero-order chi connectivity index (χ0) is 24.5. The second-order valence-electron chi connectivity index (χ2n) is 8.54. The minimum atomic E-state index is -0.195. The normalized spacial score (nSPS) is 11.8. The van der Waals surface area contributed by atoms with Crippen LogP contribution in [0.2, 0.25) is 0 Å². The number of benzene rings is 2. The van der Waals surface area contributed by atoms with E-state index in [0.717, 1.165) is 30.9 Å². The van der Waals surface area contributed by atoms with Gasteiger partial charge in [-0.1, -0.05) is 13.0 Å². The molecule has 0 fully saturated rings. The van der Waals surface area contributed by atoms with Crippen molar-refractivity contribution >= 4 is 11.6 Å². The molecule has 1 unspecified atom stereocenters. The van der Waals surface area contributed by atoms with Crippen LogP contribution in [0.5, 0.6) is 17.2 Å². The molecule has 0 radical (unpaired) electrons. The van der Waals surface area contributed by atoms with Gasteiger partial charge in [0.1, 0.15) is 17.2 Å². The average Bonchev–Trinajstić information content (AvgIpc) is 2.79. The minimum absolute atomic E-state index is 0.0940. The molecule has 3 rings (SSSR count). The van der Waals surface area contributed by atoms with Gasteiger partial charge in [0, 0.05) is 30.5 Å². The number of aromatic nitrogens is 1. The smallest absolute Gasteiger partial charge is 0.257 e. The molecule has 34 heavy (non-hydrogen) atoms. The number of pyridine rings is 1. The number of hydrogen-bond donors (Lipinski definition) is 1. The lowest BCUT2D eigenvalue weighted by molar-refractivity contribution is 0.0663. The van der Waals surface area contributed by atoms with E-state index in [2.05, 4.69) is 17.2 Å². The Labute approximate surface area is 202 Å². The van der Waals surface area contributed by atoms with Crippen molar-refractivity contribution < 1.29 is 19.0 Å². The minimum Gasteiger partial charge on any atom is -0.491 e. The highest BCUT2D eigenvalue weighted by Gasteiger charge is 2.13. The Balaban J connectivity index is 1.59. The number of hydrogen-bond acceptors (Lipinski definition) is 5. The Morgan fingerprint density at radius 2 is 1.71 bits per heavy atom. The monoisotopic (exact) mass is 462 g/mol. The molecular formula is C28H34N2O4. The van der Waals surface area contributed by atoms with Crippen LogP contribution in [0.1, 0.15) is 55.9 Å². The van der Waals surface area contributed by atoms with Crippen LogP contribution in [0.3, 0.4) is 0 Å². The SMILES string of the molecule is CCCOC(C)Cc1ccc(C(=O)Nc2ccc(Oc3cccc(OC(C)C)c3)cc2)c(C)n1. The lowest BCUT2D eigenvalue weighted by atomic mass is 10.1. The molecule has 1 aromatic heterocycles. The summed E-state index contributed by atoms with van der Waals surface area (Å²) in [4.78, 5) is 17.4. The van der Waals surface area contributed by atoms with E-state index in [1.165, 1.54) is 0 Å². The van der Waals surface area contributed by atoms with Crippen LogP contribution in [0.25, 0.3) is 0 Å². The molecule has 1 amide bonds. The van der Waals surface area contributed by atoms with Gasteiger partial charge >= 0.3 is 0 Å². The van der Waals surface area contributed by atoms with E-state index in [9.17, 15) is 4.79 Å². The molecule has 0 bridgehead atoms. The molecule has 0 aliphatic heterocycles. The number of nitrogens with zero attached hydrogens (tertiary/aromatic N) is 1. The van der Waals surface area contributed by atoms with Gasteiger partial charge in [0.15, 0.2) is 0 Å². The highest BCUT2D eigenvalue weighted by atomic mass is 16.5. The van der Waals surface area contributed by atoms with E-state index < -0.39 is 0 Å². The number of anilines is 1. The molecule has 6 nitrogen and oxygen atoms in total. The first-order chi connectivity index (χ1) is 16.3. The Morgan fingerprint density at radius 3 is 2.38 bits per heavy atom. The summed E-state index contributed by atoms with van der Waals surface area (Å²) in [6.45, 7) is 10.7. The Bertz CT molecular complexity index is 1080. The van der Waals surface area contributed by atoms with Crippen LogP contribution in [0, 0.1) is 6.92 Å². The fourth-order valence-corrected chi connectivity index (χ4v) is 3.46. The molecule has 0 aliphatic rings. The van der Waals surface area contributed by atoms with Crippen molar-refractivity contribution in [3.63, 3.8) is 0 Å². The second-order valence-corrected chi connectivity index (χ2v) is 8.54. The molecule has 180 valence electrons. The predicted octanol–water partition coefficient (Wildman–Crippen LogP) is 6.58. The van der Waals surface area contributed by atoms with Gasteiger partial charge in [-0.05, 0) is 82.6 Å². The number of rotatable bonds is 11. The van der Waals surface area contributed by atoms with Gasteiger partial charge < -0.3 is 19.5 Å². The van der Waals surface area contributed by atoms with E-state index in [1.807, 2.05) is 88.4 Å². The van der Waals surface area contributed by atoms with E-state index >= 15 is 0 Å².